The van der Waals surface area contributed by atoms with Crippen LogP contribution in [0, 0.1) is 0 Å². The van der Waals surface area contributed by atoms with E-state index in [0.29, 0.717) is 12.3 Å². The van der Waals surface area contributed by atoms with Crippen LogP contribution >= 0.6 is 0 Å². The van der Waals surface area contributed by atoms with E-state index in [0.717, 1.165) is 6.42 Å². The molecule has 0 radical (unpaired) electrons. The van der Waals surface area contributed by atoms with Crippen molar-refractivity contribution in [3.8, 4) is 5.75 Å². The van der Waals surface area contributed by atoms with Crippen molar-refractivity contribution in [3.05, 3.63) is 29.8 Å². The molecule has 1 aromatic carbocycles. The van der Waals surface area contributed by atoms with Crippen molar-refractivity contribution < 1.29 is 9.53 Å². The lowest BCUT2D eigenvalue weighted by Gasteiger charge is -2.12. The Kier molecular flexibility index (Phi) is 5.49. The molecule has 0 saturated heterocycles. The molecule has 1 amide bonds. The zero-order chi connectivity index (χ0) is 12.7. The van der Waals surface area contributed by atoms with Gasteiger partial charge < -0.3 is 15.8 Å². The summed E-state index contributed by atoms with van der Waals surface area (Å²) in [4.78, 5) is 11.4. The van der Waals surface area contributed by atoms with Crippen LogP contribution in [0.25, 0.3) is 0 Å². The number of hydrogen-bond donors (Lipinski definition) is 2. The summed E-state index contributed by atoms with van der Waals surface area (Å²) >= 11 is 0. The van der Waals surface area contributed by atoms with Gasteiger partial charge in [0.2, 0.25) is 0 Å². The van der Waals surface area contributed by atoms with E-state index in [2.05, 4.69) is 12.2 Å². The van der Waals surface area contributed by atoms with Crippen LogP contribution in [0.2, 0.25) is 0 Å². The lowest BCUT2D eigenvalue weighted by molar-refractivity contribution is -0.123. The normalized spacial score (nSPS) is 11.9. The lowest BCUT2D eigenvalue weighted by Crippen LogP contribution is -2.40. The van der Waals surface area contributed by atoms with Gasteiger partial charge in [-0.3, -0.25) is 4.79 Å². The first-order chi connectivity index (χ1) is 8.15. The number of rotatable bonds is 6. The highest BCUT2D eigenvalue weighted by molar-refractivity contribution is 5.77. The molecule has 17 heavy (non-hydrogen) atoms. The Bertz CT molecular complexity index is 349. The van der Waals surface area contributed by atoms with E-state index >= 15 is 0 Å². The molecule has 0 aromatic heterocycles. The summed E-state index contributed by atoms with van der Waals surface area (Å²) in [6, 6.07) is 7.72. The third-order valence-corrected chi connectivity index (χ3v) is 2.46. The van der Waals surface area contributed by atoms with Gasteiger partial charge in [-0.25, -0.2) is 0 Å². The number of carbonyl (C=O) groups excluding carboxylic acids is 1. The van der Waals surface area contributed by atoms with Crippen molar-refractivity contribution in [2.24, 2.45) is 5.73 Å². The molecule has 0 aliphatic carbocycles. The Balaban J connectivity index is 2.36. The Morgan fingerprint density at radius 3 is 2.59 bits per heavy atom. The predicted molar refractivity (Wildman–Crippen MR) is 68.0 cm³/mol. The highest BCUT2D eigenvalue weighted by Crippen LogP contribution is 2.12. The SMILES string of the molecule is CCc1ccc(OCC(=O)NC(C)CN)cc1. The van der Waals surface area contributed by atoms with Crippen LogP contribution in [0.3, 0.4) is 0 Å². The summed E-state index contributed by atoms with van der Waals surface area (Å²) < 4.78 is 5.36. The number of hydrogen-bond acceptors (Lipinski definition) is 3. The molecular weight excluding hydrogens is 216 g/mol. The van der Waals surface area contributed by atoms with Crippen LogP contribution in [-0.4, -0.2) is 25.1 Å². The van der Waals surface area contributed by atoms with Crippen molar-refractivity contribution in [2.75, 3.05) is 13.2 Å². The van der Waals surface area contributed by atoms with Crippen LogP contribution in [0.5, 0.6) is 5.75 Å². The first kappa shape index (κ1) is 13.5. The minimum absolute atomic E-state index is 0.0198. The second-order valence-electron chi connectivity index (χ2n) is 3.99. The quantitative estimate of drug-likeness (QED) is 0.777. The second-order valence-corrected chi connectivity index (χ2v) is 3.99. The van der Waals surface area contributed by atoms with Crippen LogP contribution in [0.15, 0.2) is 24.3 Å². The van der Waals surface area contributed by atoms with Gasteiger partial charge in [0.05, 0.1) is 0 Å². The van der Waals surface area contributed by atoms with E-state index in [1.54, 1.807) is 0 Å². The van der Waals surface area contributed by atoms with Gasteiger partial charge in [0, 0.05) is 12.6 Å². The predicted octanol–water partition coefficient (Wildman–Crippen LogP) is 1.09. The molecule has 0 bridgehead atoms. The molecule has 4 heteroatoms. The van der Waals surface area contributed by atoms with Crippen molar-refractivity contribution in [2.45, 2.75) is 26.3 Å². The first-order valence-electron chi connectivity index (χ1n) is 5.87. The van der Waals surface area contributed by atoms with Gasteiger partial charge in [-0.15, -0.1) is 0 Å². The van der Waals surface area contributed by atoms with Crippen LogP contribution in [0.1, 0.15) is 19.4 Å². The Hall–Kier alpha value is -1.55. The average Bonchev–Trinajstić information content (AvgIpc) is 2.36. The summed E-state index contributed by atoms with van der Waals surface area (Å²) in [5.74, 6) is 0.556. The average molecular weight is 236 g/mol. The molecule has 0 aliphatic rings. The summed E-state index contributed by atoms with van der Waals surface area (Å²) in [6.45, 7) is 4.40. The van der Waals surface area contributed by atoms with Gasteiger partial charge in [-0.05, 0) is 31.0 Å². The van der Waals surface area contributed by atoms with Crippen LogP contribution in [-0.2, 0) is 11.2 Å². The molecule has 0 aliphatic heterocycles. The second kappa shape index (κ2) is 6.91. The minimum Gasteiger partial charge on any atom is -0.484 e. The zero-order valence-electron chi connectivity index (χ0n) is 10.4. The molecule has 4 nitrogen and oxygen atoms in total. The molecule has 1 unspecified atom stereocenters. The molecule has 1 atom stereocenters. The van der Waals surface area contributed by atoms with Crippen molar-refractivity contribution in [1.82, 2.24) is 5.32 Å². The Morgan fingerprint density at radius 1 is 1.41 bits per heavy atom. The van der Waals surface area contributed by atoms with E-state index in [1.165, 1.54) is 5.56 Å². The molecule has 1 rings (SSSR count). The van der Waals surface area contributed by atoms with Gasteiger partial charge in [0.15, 0.2) is 6.61 Å². The summed E-state index contributed by atoms with van der Waals surface area (Å²) in [6.07, 6.45) is 0.995. The van der Waals surface area contributed by atoms with Gasteiger partial charge in [0.1, 0.15) is 5.75 Å². The van der Waals surface area contributed by atoms with Crippen molar-refractivity contribution >= 4 is 5.91 Å². The monoisotopic (exact) mass is 236 g/mol. The van der Waals surface area contributed by atoms with Crippen molar-refractivity contribution in [1.29, 1.82) is 0 Å². The first-order valence-corrected chi connectivity index (χ1v) is 5.87. The minimum atomic E-state index is -0.150. The Labute approximate surface area is 102 Å². The number of nitrogens with one attached hydrogen (secondary N) is 1. The van der Waals surface area contributed by atoms with Crippen molar-refractivity contribution in [3.63, 3.8) is 0 Å². The summed E-state index contributed by atoms with van der Waals surface area (Å²) in [5, 5.41) is 2.73. The maximum atomic E-state index is 11.4. The third kappa shape index (κ3) is 4.87. The van der Waals surface area contributed by atoms with E-state index in [-0.39, 0.29) is 18.6 Å². The molecule has 94 valence electrons. The molecule has 1 aromatic rings. The fourth-order valence-corrected chi connectivity index (χ4v) is 1.35. The van der Waals surface area contributed by atoms with Crippen LogP contribution < -0.4 is 15.8 Å². The van der Waals surface area contributed by atoms with Gasteiger partial charge in [0.25, 0.3) is 5.91 Å². The maximum absolute atomic E-state index is 11.4. The number of carbonyl (C=O) groups is 1. The Morgan fingerprint density at radius 2 is 2.06 bits per heavy atom. The summed E-state index contributed by atoms with van der Waals surface area (Å²) in [5.41, 5.74) is 6.65. The highest BCUT2D eigenvalue weighted by Gasteiger charge is 2.06. The van der Waals surface area contributed by atoms with Gasteiger partial charge >= 0.3 is 0 Å². The zero-order valence-corrected chi connectivity index (χ0v) is 10.4. The highest BCUT2D eigenvalue weighted by atomic mass is 16.5. The largest absolute Gasteiger partial charge is 0.484 e. The fraction of sp³-hybridized carbons (Fsp3) is 0.462. The maximum Gasteiger partial charge on any atom is 0.258 e. The van der Waals surface area contributed by atoms with Gasteiger partial charge in [-0.2, -0.15) is 0 Å². The van der Waals surface area contributed by atoms with Crippen LogP contribution in [0.4, 0.5) is 0 Å². The molecule has 0 spiro atoms. The topological polar surface area (TPSA) is 64.3 Å². The third-order valence-electron chi connectivity index (χ3n) is 2.46. The number of benzene rings is 1. The molecule has 0 fully saturated rings. The van der Waals surface area contributed by atoms with E-state index in [4.69, 9.17) is 10.5 Å². The molecular formula is C13H20N2O2. The fourth-order valence-electron chi connectivity index (χ4n) is 1.35. The number of amides is 1. The molecule has 3 N–H and O–H groups in total. The number of ether oxygens (including phenoxy) is 1. The number of nitrogens with two attached hydrogens (primary N) is 1. The van der Waals surface area contributed by atoms with E-state index in [9.17, 15) is 4.79 Å². The number of aryl methyl sites for hydroxylation is 1. The lowest BCUT2D eigenvalue weighted by atomic mass is 10.2. The van der Waals surface area contributed by atoms with E-state index in [1.807, 2.05) is 31.2 Å². The van der Waals surface area contributed by atoms with E-state index < -0.39 is 0 Å². The standard InChI is InChI=1S/C13H20N2O2/c1-3-11-4-6-12(7-5-11)17-9-13(16)15-10(2)8-14/h4-7,10H,3,8-9,14H2,1-2H3,(H,15,16). The smallest absolute Gasteiger partial charge is 0.258 e. The molecule has 0 saturated carbocycles. The van der Waals surface area contributed by atoms with Gasteiger partial charge in [-0.1, -0.05) is 19.1 Å². The summed E-state index contributed by atoms with van der Waals surface area (Å²) in [7, 11) is 0. The molecule has 0 heterocycles.